The van der Waals surface area contributed by atoms with Gasteiger partial charge in [0, 0.05) is 11.3 Å². The number of nitrogens with one attached hydrogen (secondary N) is 1. The number of hydrogen-bond acceptors (Lipinski definition) is 4. The fourth-order valence-electron chi connectivity index (χ4n) is 1.99. The second-order valence-corrected chi connectivity index (χ2v) is 4.45. The number of nitrogen functional groups attached to an aromatic ring is 1. The highest BCUT2D eigenvalue weighted by atomic mass is 19.1. The zero-order chi connectivity index (χ0) is 14.7. The minimum Gasteiger partial charge on any atom is -0.368 e. The lowest BCUT2D eigenvalue weighted by molar-refractivity contribution is 0.624. The Hall–Kier alpha value is -2.95. The molecule has 2 aromatic carbocycles. The van der Waals surface area contributed by atoms with Crippen molar-refractivity contribution in [1.82, 2.24) is 9.97 Å². The smallest absolute Gasteiger partial charge is 0.222 e. The molecule has 3 N–H and O–H groups in total. The van der Waals surface area contributed by atoms with Crippen molar-refractivity contribution in [3.8, 4) is 11.3 Å². The molecule has 1 heterocycles. The van der Waals surface area contributed by atoms with E-state index in [9.17, 15) is 4.39 Å². The summed E-state index contributed by atoms with van der Waals surface area (Å²) in [6.45, 7) is 0. The molecule has 21 heavy (non-hydrogen) atoms. The van der Waals surface area contributed by atoms with E-state index in [-0.39, 0.29) is 17.5 Å². The number of para-hydroxylation sites is 1. The van der Waals surface area contributed by atoms with Gasteiger partial charge in [0.2, 0.25) is 5.95 Å². The second-order valence-electron chi connectivity index (χ2n) is 4.45. The summed E-state index contributed by atoms with van der Waals surface area (Å²) in [4.78, 5) is 7.93. The van der Waals surface area contributed by atoms with Crippen molar-refractivity contribution in [3.63, 3.8) is 0 Å². The third-order valence-corrected chi connectivity index (χ3v) is 2.95. The standard InChI is InChI=1S/C16H13FN4/c17-13-14(11-7-3-1-4-8-11)20-16(18)21-15(13)19-12-9-5-2-6-10-12/h1-10H,(H3,18,19,20,21). The summed E-state index contributed by atoms with van der Waals surface area (Å²) in [5.74, 6) is -0.444. The summed E-state index contributed by atoms with van der Waals surface area (Å²) in [7, 11) is 0. The lowest BCUT2D eigenvalue weighted by Gasteiger charge is -2.10. The molecule has 3 rings (SSSR count). The molecule has 4 nitrogen and oxygen atoms in total. The molecule has 0 fully saturated rings. The fourth-order valence-corrected chi connectivity index (χ4v) is 1.99. The Labute approximate surface area is 121 Å². The molecule has 104 valence electrons. The Morgan fingerprint density at radius 3 is 2.14 bits per heavy atom. The molecule has 0 aliphatic rings. The SMILES string of the molecule is Nc1nc(Nc2ccccc2)c(F)c(-c2ccccc2)n1. The van der Waals surface area contributed by atoms with E-state index in [2.05, 4.69) is 15.3 Å². The van der Waals surface area contributed by atoms with Gasteiger partial charge in [-0.3, -0.25) is 0 Å². The van der Waals surface area contributed by atoms with Crippen LogP contribution in [0.15, 0.2) is 60.7 Å². The van der Waals surface area contributed by atoms with Gasteiger partial charge in [0.05, 0.1) is 0 Å². The number of rotatable bonds is 3. The summed E-state index contributed by atoms with van der Waals surface area (Å²) in [6.07, 6.45) is 0. The van der Waals surface area contributed by atoms with Crippen molar-refractivity contribution >= 4 is 17.5 Å². The van der Waals surface area contributed by atoms with Gasteiger partial charge in [0.25, 0.3) is 0 Å². The van der Waals surface area contributed by atoms with Gasteiger partial charge < -0.3 is 11.1 Å². The average Bonchev–Trinajstić information content (AvgIpc) is 2.52. The van der Waals surface area contributed by atoms with E-state index >= 15 is 0 Å². The maximum Gasteiger partial charge on any atom is 0.222 e. The van der Waals surface area contributed by atoms with Crippen molar-refractivity contribution in [2.75, 3.05) is 11.1 Å². The molecule has 0 spiro atoms. The van der Waals surface area contributed by atoms with Crippen molar-refractivity contribution in [3.05, 3.63) is 66.5 Å². The van der Waals surface area contributed by atoms with Crippen molar-refractivity contribution in [2.24, 2.45) is 0 Å². The molecule has 1 aromatic heterocycles. The zero-order valence-corrected chi connectivity index (χ0v) is 11.1. The van der Waals surface area contributed by atoms with Gasteiger partial charge in [-0.2, -0.15) is 4.98 Å². The van der Waals surface area contributed by atoms with E-state index in [0.29, 0.717) is 5.56 Å². The van der Waals surface area contributed by atoms with E-state index in [1.165, 1.54) is 0 Å². The summed E-state index contributed by atoms with van der Waals surface area (Å²) in [5.41, 5.74) is 7.26. The molecule has 0 saturated carbocycles. The van der Waals surface area contributed by atoms with Crippen LogP contribution in [0.3, 0.4) is 0 Å². The monoisotopic (exact) mass is 280 g/mol. The van der Waals surface area contributed by atoms with Crippen LogP contribution < -0.4 is 11.1 Å². The molecular weight excluding hydrogens is 267 g/mol. The number of nitrogens with zero attached hydrogens (tertiary/aromatic N) is 2. The van der Waals surface area contributed by atoms with Crippen molar-refractivity contribution in [2.45, 2.75) is 0 Å². The van der Waals surface area contributed by atoms with Crippen LogP contribution in [-0.2, 0) is 0 Å². The summed E-state index contributed by atoms with van der Waals surface area (Å²) >= 11 is 0. The van der Waals surface area contributed by atoms with E-state index in [4.69, 9.17) is 5.73 Å². The first-order chi connectivity index (χ1) is 10.2. The van der Waals surface area contributed by atoms with Gasteiger partial charge in [0.1, 0.15) is 5.69 Å². The van der Waals surface area contributed by atoms with Gasteiger partial charge in [0.15, 0.2) is 11.6 Å². The number of benzene rings is 2. The van der Waals surface area contributed by atoms with Crippen LogP contribution in [-0.4, -0.2) is 9.97 Å². The van der Waals surface area contributed by atoms with Gasteiger partial charge in [-0.25, -0.2) is 9.37 Å². The summed E-state index contributed by atoms with van der Waals surface area (Å²) in [5, 5.41) is 2.92. The molecule has 0 unspecified atom stereocenters. The highest BCUT2D eigenvalue weighted by molar-refractivity contribution is 5.68. The first kappa shape index (κ1) is 13.1. The summed E-state index contributed by atoms with van der Waals surface area (Å²) in [6, 6.07) is 18.3. The first-order valence-corrected chi connectivity index (χ1v) is 6.44. The van der Waals surface area contributed by atoms with Crippen LogP contribution in [0, 0.1) is 5.82 Å². The highest BCUT2D eigenvalue weighted by Crippen LogP contribution is 2.27. The predicted octanol–water partition coefficient (Wildman–Crippen LogP) is 3.61. The van der Waals surface area contributed by atoms with Crippen LogP contribution in [0.5, 0.6) is 0 Å². The first-order valence-electron chi connectivity index (χ1n) is 6.44. The van der Waals surface area contributed by atoms with E-state index in [1.54, 1.807) is 12.1 Å². The Balaban J connectivity index is 2.04. The molecule has 0 amide bonds. The molecule has 5 heteroatoms. The lowest BCUT2D eigenvalue weighted by atomic mass is 10.1. The minimum absolute atomic E-state index is 0.0219. The molecule has 0 saturated heterocycles. The van der Waals surface area contributed by atoms with E-state index < -0.39 is 5.82 Å². The van der Waals surface area contributed by atoms with Crippen LogP contribution in [0.2, 0.25) is 0 Å². The number of halogens is 1. The largest absolute Gasteiger partial charge is 0.368 e. The van der Waals surface area contributed by atoms with Crippen molar-refractivity contribution in [1.29, 1.82) is 0 Å². The Bertz CT molecular complexity index is 745. The number of nitrogens with two attached hydrogens (primary N) is 1. The molecule has 0 bridgehead atoms. The van der Waals surface area contributed by atoms with Gasteiger partial charge in [-0.05, 0) is 12.1 Å². The Morgan fingerprint density at radius 2 is 1.48 bits per heavy atom. The normalized spacial score (nSPS) is 10.3. The molecular formula is C16H13FN4. The zero-order valence-electron chi connectivity index (χ0n) is 11.1. The number of aromatic nitrogens is 2. The number of hydrogen-bond donors (Lipinski definition) is 2. The quantitative estimate of drug-likeness (QED) is 0.769. The van der Waals surface area contributed by atoms with Crippen LogP contribution in [0.4, 0.5) is 21.8 Å². The minimum atomic E-state index is -0.528. The predicted molar refractivity (Wildman–Crippen MR) is 81.6 cm³/mol. The van der Waals surface area contributed by atoms with Gasteiger partial charge >= 0.3 is 0 Å². The topological polar surface area (TPSA) is 63.8 Å². The Morgan fingerprint density at radius 1 is 0.857 bits per heavy atom. The summed E-state index contributed by atoms with van der Waals surface area (Å²) < 4.78 is 14.6. The second kappa shape index (κ2) is 5.58. The third kappa shape index (κ3) is 2.81. The molecule has 0 radical (unpaired) electrons. The van der Waals surface area contributed by atoms with E-state index in [0.717, 1.165) is 5.69 Å². The van der Waals surface area contributed by atoms with Crippen LogP contribution in [0.25, 0.3) is 11.3 Å². The van der Waals surface area contributed by atoms with E-state index in [1.807, 2.05) is 48.5 Å². The number of anilines is 3. The van der Waals surface area contributed by atoms with Gasteiger partial charge in [-0.15, -0.1) is 0 Å². The lowest BCUT2D eigenvalue weighted by Crippen LogP contribution is -2.05. The molecule has 0 aliphatic carbocycles. The third-order valence-electron chi connectivity index (χ3n) is 2.95. The molecule has 0 atom stereocenters. The van der Waals surface area contributed by atoms with Crippen LogP contribution in [0.1, 0.15) is 0 Å². The molecule has 3 aromatic rings. The Kier molecular flexibility index (Phi) is 3.47. The highest BCUT2D eigenvalue weighted by Gasteiger charge is 2.15. The molecule has 0 aliphatic heterocycles. The van der Waals surface area contributed by atoms with Crippen LogP contribution >= 0.6 is 0 Å². The maximum absolute atomic E-state index is 14.6. The maximum atomic E-state index is 14.6. The van der Waals surface area contributed by atoms with Gasteiger partial charge in [-0.1, -0.05) is 48.5 Å². The average molecular weight is 280 g/mol. The van der Waals surface area contributed by atoms with Crippen molar-refractivity contribution < 1.29 is 4.39 Å². The fraction of sp³-hybridized carbons (Fsp3) is 0.